The largest absolute Gasteiger partial charge is 0.352 e. The van der Waals surface area contributed by atoms with E-state index in [9.17, 15) is 13.2 Å². The fourth-order valence-electron chi connectivity index (χ4n) is 4.08. The van der Waals surface area contributed by atoms with Crippen LogP contribution in [0.3, 0.4) is 0 Å². The summed E-state index contributed by atoms with van der Waals surface area (Å²) in [5.41, 5.74) is 4.16. The molecule has 1 aliphatic heterocycles. The van der Waals surface area contributed by atoms with E-state index in [4.69, 9.17) is 23.2 Å². The van der Waals surface area contributed by atoms with Crippen molar-refractivity contribution in [1.29, 1.82) is 0 Å². The van der Waals surface area contributed by atoms with Gasteiger partial charge in [0.25, 0.3) is 0 Å². The first kappa shape index (κ1) is 25.0. The molecule has 2 aromatic rings. The quantitative estimate of drug-likeness (QED) is 0.560. The second-order valence-electron chi connectivity index (χ2n) is 8.23. The van der Waals surface area contributed by atoms with Crippen LogP contribution in [0.1, 0.15) is 48.9 Å². The zero-order chi connectivity index (χ0) is 23.3. The topological polar surface area (TPSA) is 66.5 Å². The summed E-state index contributed by atoms with van der Waals surface area (Å²) in [6.45, 7) is 5.29. The molecule has 1 aliphatic rings. The number of hydrogen-bond donors (Lipinski definition) is 1. The van der Waals surface area contributed by atoms with Gasteiger partial charge in [-0.1, -0.05) is 61.3 Å². The maximum atomic E-state index is 13.0. The molecule has 1 N–H and O–H groups in total. The smallest absolute Gasteiger partial charge is 0.224 e. The van der Waals surface area contributed by atoms with Crippen LogP contribution in [0.2, 0.25) is 10.0 Å². The number of hydrogen-bond acceptors (Lipinski definition) is 3. The Morgan fingerprint density at radius 2 is 1.78 bits per heavy atom. The average Bonchev–Trinajstić information content (AvgIpc) is 2.79. The Kier molecular flexibility index (Phi) is 8.62. The Labute approximate surface area is 201 Å². The summed E-state index contributed by atoms with van der Waals surface area (Å²) in [5.74, 6) is -0.614. The lowest BCUT2D eigenvalue weighted by atomic mass is 9.97. The molecule has 1 atom stereocenters. The van der Waals surface area contributed by atoms with Crippen molar-refractivity contribution in [2.45, 2.75) is 51.8 Å². The highest BCUT2D eigenvalue weighted by Crippen LogP contribution is 2.26. The third kappa shape index (κ3) is 6.25. The highest BCUT2D eigenvalue weighted by molar-refractivity contribution is 7.88. The van der Waals surface area contributed by atoms with Crippen molar-refractivity contribution >= 4 is 39.1 Å². The minimum atomic E-state index is -3.57. The highest BCUT2D eigenvalue weighted by atomic mass is 35.5. The third-order valence-corrected chi connectivity index (χ3v) is 8.55. The van der Waals surface area contributed by atoms with Crippen molar-refractivity contribution in [2.75, 3.05) is 13.1 Å². The Bertz CT molecular complexity index is 1070. The van der Waals surface area contributed by atoms with Gasteiger partial charge >= 0.3 is 0 Å². The molecular formula is C24H30Cl2N2O3S. The molecule has 1 fully saturated rings. The second-order valence-corrected chi connectivity index (χ2v) is 11.0. The number of carbonyl (C=O) groups is 1. The van der Waals surface area contributed by atoms with E-state index in [1.807, 2.05) is 0 Å². The minimum absolute atomic E-state index is 0.0941. The lowest BCUT2D eigenvalue weighted by molar-refractivity contribution is -0.126. The van der Waals surface area contributed by atoms with E-state index in [0.29, 0.717) is 41.5 Å². The molecule has 2 aromatic carbocycles. The van der Waals surface area contributed by atoms with Crippen molar-refractivity contribution in [2.24, 2.45) is 5.92 Å². The monoisotopic (exact) mass is 496 g/mol. The fourth-order valence-corrected chi connectivity index (χ4v) is 5.99. The van der Waals surface area contributed by atoms with Crippen molar-refractivity contribution < 1.29 is 13.2 Å². The molecule has 5 nitrogen and oxygen atoms in total. The fraction of sp³-hybridized carbons (Fsp3) is 0.458. The molecule has 174 valence electrons. The maximum Gasteiger partial charge on any atom is 0.224 e. The van der Waals surface area contributed by atoms with Crippen LogP contribution in [-0.4, -0.2) is 31.7 Å². The van der Waals surface area contributed by atoms with Gasteiger partial charge in [-0.05, 0) is 60.1 Å². The number of halogens is 2. The van der Waals surface area contributed by atoms with E-state index in [2.05, 4.69) is 37.4 Å². The molecule has 0 bridgehead atoms. The predicted octanol–water partition coefficient (Wildman–Crippen LogP) is 4.98. The van der Waals surface area contributed by atoms with Crippen LogP contribution in [0.5, 0.6) is 0 Å². The van der Waals surface area contributed by atoms with Crippen LogP contribution in [0, 0.1) is 5.92 Å². The van der Waals surface area contributed by atoms with Crippen molar-refractivity contribution in [3.8, 4) is 0 Å². The summed E-state index contributed by atoms with van der Waals surface area (Å²) in [6, 6.07) is 11.2. The molecule has 0 aliphatic carbocycles. The molecule has 0 spiro atoms. The van der Waals surface area contributed by atoms with Crippen LogP contribution in [0.15, 0.2) is 36.4 Å². The molecule has 32 heavy (non-hydrogen) atoms. The van der Waals surface area contributed by atoms with Crippen LogP contribution in [0.4, 0.5) is 0 Å². The van der Waals surface area contributed by atoms with Crippen LogP contribution < -0.4 is 5.32 Å². The van der Waals surface area contributed by atoms with E-state index in [0.717, 1.165) is 18.4 Å². The van der Waals surface area contributed by atoms with E-state index in [-0.39, 0.29) is 24.1 Å². The van der Waals surface area contributed by atoms with Gasteiger partial charge in [-0.15, -0.1) is 0 Å². The summed E-state index contributed by atoms with van der Waals surface area (Å²) in [7, 11) is -3.57. The van der Waals surface area contributed by atoms with Gasteiger partial charge in [0, 0.05) is 19.6 Å². The Hall–Kier alpha value is -1.60. The van der Waals surface area contributed by atoms with Crippen LogP contribution >= 0.6 is 23.2 Å². The molecule has 0 aromatic heterocycles. The lowest BCUT2D eigenvalue weighted by Crippen LogP contribution is -2.45. The van der Waals surface area contributed by atoms with Gasteiger partial charge in [0.05, 0.1) is 21.7 Å². The molecule has 1 amide bonds. The van der Waals surface area contributed by atoms with Crippen LogP contribution in [0.25, 0.3) is 0 Å². The SMILES string of the molecule is CCc1ccc(CC)c(CNC(=O)[C@@H]2CCCN(S(=O)(=O)Cc3ccc(Cl)c(Cl)c3)C2)c1. The number of nitrogens with one attached hydrogen (secondary N) is 1. The van der Waals surface area contributed by atoms with Crippen LogP contribution in [-0.2, 0) is 40.0 Å². The van der Waals surface area contributed by atoms with Gasteiger partial charge in [0.2, 0.25) is 15.9 Å². The number of aryl methyl sites for hydroxylation is 2. The Balaban J connectivity index is 1.63. The van der Waals surface area contributed by atoms with Crippen molar-refractivity contribution in [1.82, 2.24) is 9.62 Å². The summed E-state index contributed by atoms with van der Waals surface area (Å²) in [4.78, 5) is 12.9. The van der Waals surface area contributed by atoms with E-state index >= 15 is 0 Å². The number of sulfonamides is 1. The molecular weight excluding hydrogens is 467 g/mol. The number of piperidine rings is 1. The zero-order valence-electron chi connectivity index (χ0n) is 18.5. The van der Waals surface area contributed by atoms with Crippen molar-refractivity contribution in [3.63, 3.8) is 0 Å². The summed E-state index contributed by atoms with van der Waals surface area (Å²) < 4.78 is 27.4. The van der Waals surface area contributed by atoms with Gasteiger partial charge < -0.3 is 5.32 Å². The van der Waals surface area contributed by atoms with Gasteiger partial charge in [-0.2, -0.15) is 0 Å². The molecule has 1 saturated heterocycles. The first-order valence-corrected chi connectivity index (χ1v) is 13.4. The van der Waals surface area contributed by atoms with Gasteiger partial charge in [-0.25, -0.2) is 12.7 Å². The van der Waals surface area contributed by atoms with Gasteiger partial charge in [0.1, 0.15) is 0 Å². The van der Waals surface area contributed by atoms with E-state index < -0.39 is 10.0 Å². The standard InChI is InChI=1S/C24H30Cl2N2O3S/c1-3-17-7-9-19(4-2)21(12-17)14-27-24(29)20-6-5-11-28(15-20)32(30,31)16-18-8-10-22(25)23(26)13-18/h7-10,12-13,20H,3-6,11,14-16H2,1-2H3,(H,27,29)/t20-/m1/s1. The first-order chi connectivity index (χ1) is 15.2. The van der Waals surface area contributed by atoms with E-state index in [1.54, 1.807) is 18.2 Å². The number of benzene rings is 2. The number of rotatable bonds is 8. The molecule has 3 rings (SSSR count). The first-order valence-electron chi connectivity index (χ1n) is 11.0. The Morgan fingerprint density at radius 3 is 2.47 bits per heavy atom. The maximum absolute atomic E-state index is 13.0. The predicted molar refractivity (Wildman–Crippen MR) is 130 cm³/mol. The average molecular weight is 497 g/mol. The molecule has 0 unspecified atom stereocenters. The molecule has 8 heteroatoms. The number of nitrogens with zero attached hydrogens (tertiary/aromatic N) is 1. The highest BCUT2D eigenvalue weighted by Gasteiger charge is 2.32. The third-order valence-electron chi connectivity index (χ3n) is 5.99. The zero-order valence-corrected chi connectivity index (χ0v) is 20.9. The van der Waals surface area contributed by atoms with Crippen molar-refractivity contribution in [3.05, 3.63) is 68.7 Å². The molecule has 0 saturated carbocycles. The lowest BCUT2D eigenvalue weighted by Gasteiger charge is -2.31. The summed E-state index contributed by atoms with van der Waals surface area (Å²) in [6.07, 6.45) is 3.18. The normalized spacial score (nSPS) is 17.3. The summed E-state index contributed by atoms with van der Waals surface area (Å²) >= 11 is 12.0. The van der Waals surface area contributed by atoms with Gasteiger partial charge in [-0.3, -0.25) is 4.79 Å². The minimum Gasteiger partial charge on any atom is -0.352 e. The Morgan fingerprint density at radius 1 is 1.03 bits per heavy atom. The second kappa shape index (κ2) is 11.0. The summed E-state index contributed by atoms with van der Waals surface area (Å²) in [5, 5.41) is 3.75. The molecule has 1 heterocycles. The number of amides is 1. The van der Waals surface area contributed by atoms with Gasteiger partial charge in [0.15, 0.2) is 0 Å². The van der Waals surface area contributed by atoms with E-state index in [1.165, 1.54) is 15.4 Å². The number of carbonyl (C=O) groups excluding carboxylic acids is 1. The molecule has 0 radical (unpaired) electrons.